The molecule has 0 fully saturated rings. The first-order valence-corrected chi connectivity index (χ1v) is 6.11. The molecule has 0 spiro atoms. The maximum Gasteiger partial charge on any atom is 0.0975 e. The zero-order valence-corrected chi connectivity index (χ0v) is 9.62. The molecule has 1 aliphatic heterocycles. The molecule has 1 aromatic carbocycles. The van der Waals surface area contributed by atoms with Gasteiger partial charge in [0.05, 0.1) is 12.7 Å². The maximum absolute atomic E-state index is 5.84. The fraction of sp³-hybridized carbons (Fsp3) is 0.429. The van der Waals surface area contributed by atoms with Gasteiger partial charge in [-0.3, -0.25) is 0 Å². The van der Waals surface area contributed by atoms with E-state index in [1.165, 1.54) is 28.6 Å². The van der Waals surface area contributed by atoms with Crippen molar-refractivity contribution >= 4 is 10.9 Å². The van der Waals surface area contributed by atoms with Gasteiger partial charge >= 0.3 is 0 Å². The van der Waals surface area contributed by atoms with Gasteiger partial charge in [0.2, 0.25) is 0 Å². The van der Waals surface area contributed by atoms with E-state index in [2.05, 4.69) is 36.2 Å². The summed E-state index contributed by atoms with van der Waals surface area (Å²) in [6.07, 6.45) is 3.60. The molecule has 0 aliphatic carbocycles. The van der Waals surface area contributed by atoms with Crippen LogP contribution in [0.4, 0.5) is 0 Å². The van der Waals surface area contributed by atoms with E-state index < -0.39 is 0 Å². The van der Waals surface area contributed by atoms with Crippen molar-refractivity contribution in [3.8, 4) is 0 Å². The summed E-state index contributed by atoms with van der Waals surface area (Å²) in [6, 6.07) is 8.55. The first kappa shape index (κ1) is 9.91. The monoisotopic (exact) mass is 215 g/mol. The lowest BCUT2D eigenvalue weighted by Crippen LogP contribution is -2.15. The van der Waals surface area contributed by atoms with Gasteiger partial charge in [0, 0.05) is 16.6 Å². The molecule has 1 aromatic heterocycles. The topological polar surface area (TPSA) is 25.0 Å². The predicted molar refractivity (Wildman–Crippen MR) is 65.6 cm³/mol. The lowest BCUT2D eigenvalue weighted by Gasteiger charge is -2.22. The SMILES string of the molecule is CCCC1OCCc2c1[nH]c1ccccc21. The Kier molecular flexibility index (Phi) is 2.44. The summed E-state index contributed by atoms with van der Waals surface area (Å²) in [5.74, 6) is 0. The van der Waals surface area contributed by atoms with Crippen molar-refractivity contribution in [1.29, 1.82) is 0 Å². The van der Waals surface area contributed by atoms with Crippen LogP contribution < -0.4 is 0 Å². The summed E-state index contributed by atoms with van der Waals surface area (Å²) in [4.78, 5) is 3.53. The summed E-state index contributed by atoms with van der Waals surface area (Å²) in [7, 11) is 0. The van der Waals surface area contributed by atoms with E-state index in [0.717, 1.165) is 19.4 Å². The van der Waals surface area contributed by atoms with E-state index in [1.54, 1.807) is 0 Å². The second kappa shape index (κ2) is 3.95. The number of hydrogen-bond donors (Lipinski definition) is 1. The molecule has 2 heteroatoms. The summed E-state index contributed by atoms with van der Waals surface area (Å²) < 4.78 is 5.84. The van der Waals surface area contributed by atoms with E-state index >= 15 is 0 Å². The summed E-state index contributed by atoms with van der Waals surface area (Å²) in [6.45, 7) is 3.07. The van der Waals surface area contributed by atoms with Crippen LogP contribution in [0.1, 0.15) is 37.1 Å². The third kappa shape index (κ3) is 1.45. The number of hydrogen-bond acceptors (Lipinski definition) is 1. The third-order valence-electron chi connectivity index (χ3n) is 3.39. The lowest BCUT2D eigenvalue weighted by molar-refractivity contribution is 0.0339. The number of ether oxygens (including phenoxy) is 1. The van der Waals surface area contributed by atoms with E-state index in [4.69, 9.17) is 4.74 Å². The molecule has 1 unspecified atom stereocenters. The standard InChI is InChI=1S/C14H17NO/c1-2-5-13-14-11(8-9-16-13)10-6-3-4-7-12(10)15-14/h3-4,6-7,13,15H,2,5,8-9H2,1H3. The highest BCUT2D eigenvalue weighted by atomic mass is 16.5. The molecule has 0 amide bonds. The maximum atomic E-state index is 5.84. The Morgan fingerprint density at radius 3 is 3.12 bits per heavy atom. The van der Waals surface area contributed by atoms with Crippen LogP contribution in [0.3, 0.4) is 0 Å². The number of aromatic amines is 1. The summed E-state index contributed by atoms with van der Waals surface area (Å²) >= 11 is 0. The van der Waals surface area contributed by atoms with Gasteiger partial charge in [0.1, 0.15) is 0 Å². The van der Waals surface area contributed by atoms with Gasteiger partial charge in [-0.25, -0.2) is 0 Å². The first-order valence-electron chi connectivity index (χ1n) is 6.11. The van der Waals surface area contributed by atoms with Gasteiger partial charge in [-0.1, -0.05) is 31.5 Å². The largest absolute Gasteiger partial charge is 0.372 e. The van der Waals surface area contributed by atoms with Crippen LogP contribution in [0.2, 0.25) is 0 Å². The minimum absolute atomic E-state index is 0.279. The molecular formula is C14H17NO. The van der Waals surface area contributed by atoms with Crippen LogP contribution in [0.5, 0.6) is 0 Å². The fourth-order valence-corrected chi connectivity index (χ4v) is 2.64. The van der Waals surface area contributed by atoms with Crippen LogP contribution in [0, 0.1) is 0 Å². The molecule has 1 N–H and O–H groups in total. The van der Waals surface area contributed by atoms with Crippen molar-refractivity contribution in [2.24, 2.45) is 0 Å². The Hall–Kier alpha value is -1.28. The van der Waals surface area contributed by atoms with Crippen molar-refractivity contribution in [1.82, 2.24) is 4.98 Å². The van der Waals surface area contributed by atoms with Crippen LogP contribution >= 0.6 is 0 Å². The number of benzene rings is 1. The second-order valence-electron chi connectivity index (χ2n) is 4.46. The van der Waals surface area contributed by atoms with Crippen LogP contribution in [-0.4, -0.2) is 11.6 Å². The number of fused-ring (bicyclic) bond motifs is 3. The van der Waals surface area contributed by atoms with E-state index in [9.17, 15) is 0 Å². The minimum atomic E-state index is 0.279. The molecule has 0 radical (unpaired) electrons. The highest BCUT2D eigenvalue weighted by molar-refractivity contribution is 5.84. The molecule has 0 saturated heterocycles. The van der Waals surface area contributed by atoms with Crippen LogP contribution in [0.25, 0.3) is 10.9 Å². The quantitative estimate of drug-likeness (QED) is 0.813. The fourth-order valence-electron chi connectivity index (χ4n) is 2.64. The Morgan fingerprint density at radius 2 is 2.25 bits per heavy atom. The first-order chi connectivity index (χ1) is 7.90. The molecule has 1 aliphatic rings. The van der Waals surface area contributed by atoms with Crippen molar-refractivity contribution in [3.63, 3.8) is 0 Å². The average Bonchev–Trinajstić information content (AvgIpc) is 2.69. The van der Waals surface area contributed by atoms with Gasteiger partial charge < -0.3 is 9.72 Å². The lowest BCUT2D eigenvalue weighted by atomic mass is 10.0. The average molecular weight is 215 g/mol. The number of H-pyrrole nitrogens is 1. The molecule has 2 aromatic rings. The zero-order chi connectivity index (χ0) is 11.0. The van der Waals surface area contributed by atoms with Crippen molar-refractivity contribution in [2.75, 3.05) is 6.61 Å². The number of aromatic nitrogens is 1. The van der Waals surface area contributed by atoms with Gasteiger partial charge in [0.15, 0.2) is 0 Å². The van der Waals surface area contributed by atoms with Gasteiger partial charge in [-0.05, 0) is 24.5 Å². The Balaban J connectivity index is 2.13. The molecule has 2 heterocycles. The highest BCUT2D eigenvalue weighted by Crippen LogP contribution is 2.34. The van der Waals surface area contributed by atoms with E-state index in [0.29, 0.717) is 0 Å². The molecule has 1 atom stereocenters. The molecule has 0 bridgehead atoms. The Morgan fingerprint density at radius 1 is 1.38 bits per heavy atom. The zero-order valence-electron chi connectivity index (χ0n) is 9.62. The normalized spacial score (nSPS) is 19.9. The Labute approximate surface area is 95.6 Å². The van der Waals surface area contributed by atoms with Crippen LogP contribution in [0.15, 0.2) is 24.3 Å². The van der Waals surface area contributed by atoms with Crippen LogP contribution in [-0.2, 0) is 11.2 Å². The number of nitrogens with one attached hydrogen (secondary N) is 1. The third-order valence-corrected chi connectivity index (χ3v) is 3.39. The van der Waals surface area contributed by atoms with Gasteiger partial charge in [0.25, 0.3) is 0 Å². The molecule has 3 rings (SSSR count). The molecular weight excluding hydrogens is 198 g/mol. The molecule has 0 saturated carbocycles. The van der Waals surface area contributed by atoms with Gasteiger partial charge in [-0.15, -0.1) is 0 Å². The molecule has 2 nitrogen and oxygen atoms in total. The summed E-state index contributed by atoms with van der Waals surface area (Å²) in [5.41, 5.74) is 4.04. The number of rotatable bonds is 2. The Bertz CT molecular complexity index is 500. The molecule has 16 heavy (non-hydrogen) atoms. The van der Waals surface area contributed by atoms with E-state index in [-0.39, 0.29) is 6.10 Å². The second-order valence-corrected chi connectivity index (χ2v) is 4.46. The van der Waals surface area contributed by atoms with Crippen molar-refractivity contribution < 1.29 is 4.74 Å². The van der Waals surface area contributed by atoms with Gasteiger partial charge in [-0.2, -0.15) is 0 Å². The minimum Gasteiger partial charge on any atom is -0.372 e. The van der Waals surface area contributed by atoms with Crippen molar-refractivity contribution in [2.45, 2.75) is 32.3 Å². The molecule has 84 valence electrons. The smallest absolute Gasteiger partial charge is 0.0975 e. The van der Waals surface area contributed by atoms with Crippen molar-refractivity contribution in [3.05, 3.63) is 35.5 Å². The predicted octanol–water partition coefficient (Wildman–Crippen LogP) is 3.58. The summed E-state index contributed by atoms with van der Waals surface area (Å²) in [5, 5.41) is 1.38. The van der Waals surface area contributed by atoms with E-state index in [1.807, 2.05) is 0 Å². The number of para-hydroxylation sites is 1. The highest BCUT2D eigenvalue weighted by Gasteiger charge is 2.23.